The maximum Gasteiger partial charge on any atom is 0.158 e. The second kappa shape index (κ2) is 4.52. The van der Waals surface area contributed by atoms with Gasteiger partial charge >= 0.3 is 0 Å². The molecular weight excluding hydrogens is 238 g/mol. The number of nitriles is 1. The first-order valence-corrected chi connectivity index (χ1v) is 5.51. The Kier molecular flexibility index (Phi) is 3.07. The Hall–Kier alpha value is -1.93. The lowest BCUT2D eigenvalue weighted by molar-refractivity contribution is 0.808. The van der Waals surface area contributed by atoms with Gasteiger partial charge in [0.15, 0.2) is 11.0 Å². The molecule has 0 bridgehead atoms. The number of aryl methyl sites for hydroxylation is 2. The molecule has 2 aromatic rings. The molecule has 86 valence electrons. The molecule has 5 nitrogen and oxygen atoms in total. The van der Waals surface area contributed by atoms with Crippen molar-refractivity contribution in [1.29, 1.82) is 5.26 Å². The molecule has 17 heavy (non-hydrogen) atoms. The summed E-state index contributed by atoms with van der Waals surface area (Å²) in [5.74, 6) is 0.568. The highest BCUT2D eigenvalue weighted by atomic mass is 35.5. The molecule has 0 saturated carbocycles. The van der Waals surface area contributed by atoms with Crippen LogP contribution in [-0.2, 0) is 6.42 Å². The Balaban J connectivity index is 2.61. The molecule has 0 fully saturated rings. The first-order chi connectivity index (χ1) is 8.17. The minimum atomic E-state index is 0.294. The fourth-order valence-electron chi connectivity index (χ4n) is 1.51. The second-order valence-corrected chi connectivity index (χ2v) is 3.87. The summed E-state index contributed by atoms with van der Waals surface area (Å²) in [5.41, 5.74) is 1.90. The van der Waals surface area contributed by atoms with Gasteiger partial charge in [0.05, 0.1) is 5.69 Å². The molecule has 0 N–H and O–H groups in total. The van der Waals surface area contributed by atoms with Crippen molar-refractivity contribution in [1.82, 2.24) is 19.7 Å². The van der Waals surface area contributed by atoms with E-state index in [2.05, 4.69) is 21.1 Å². The minimum Gasteiger partial charge on any atom is -0.242 e. The van der Waals surface area contributed by atoms with Crippen LogP contribution in [0, 0.1) is 18.3 Å². The van der Waals surface area contributed by atoms with Crippen molar-refractivity contribution < 1.29 is 0 Å². The van der Waals surface area contributed by atoms with Crippen LogP contribution in [0.1, 0.15) is 23.9 Å². The van der Waals surface area contributed by atoms with Gasteiger partial charge in [-0.05, 0) is 13.3 Å². The minimum absolute atomic E-state index is 0.294. The average Bonchev–Trinajstić information content (AvgIpc) is 2.65. The molecule has 0 aliphatic carbocycles. The van der Waals surface area contributed by atoms with E-state index < -0.39 is 0 Å². The first-order valence-electron chi connectivity index (χ1n) is 5.14. The van der Waals surface area contributed by atoms with E-state index in [1.54, 1.807) is 6.07 Å². The Morgan fingerprint density at radius 3 is 2.76 bits per heavy atom. The highest BCUT2D eigenvalue weighted by Gasteiger charge is 2.16. The zero-order chi connectivity index (χ0) is 12.4. The van der Waals surface area contributed by atoms with Crippen LogP contribution in [0.4, 0.5) is 0 Å². The van der Waals surface area contributed by atoms with E-state index in [9.17, 15) is 0 Å². The van der Waals surface area contributed by atoms with Gasteiger partial charge in [-0.1, -0.05) is 18.5 Å². The van der Waals surface area contributed by atoms with Crippen molar-refractivity contribution in [2.45, 2.75) is 20.3 Å². The average molecular weight is 248 g/mol. The summed E-state index contributed by atoms with van der Waals surface area (Å²) in [6.45, 7) is 3.78. The Labute approximate surface area is 104 Å². The number of nitrogens with zero attached hydrogens (tertiary/aromatic N) is 5. The summed E-state index contributed by atoms with van der Waals surface area (Å²) in [5, 5.41) is 13.6. The van der Waals surface area contributed by atoms with Crippen molar-refractivity contribution >= 4 is 11.6 Å². The van der Waals surface area contributed by atoms with Crippen molar-refractivity contribution in [2.24, 2.45) is 0 Å². The molecule has 0 saturated heterocycles. The zero-order valence-electron chi connectivity index (χ0n) is 9.48. The Morgan fingerprint density at radius 1 is 1.47 bits per heavy atom. The van der Waals surface area contributed by atoms with Gasteiger partial charge in [-0.2, -0.15) is 10.4 Å². The standard InChI is InChI=1S/C11H10ClN5/c1-3-9-8(5-13)11(12)17(16-9)10-4-7(2)14-6-15-10/h4,6H,3H2,1-2H3. The normalized spacial score (nSPS) is 10.2. The van der Waals surface area contributed by atoms with Crippen LogP contribution in [0.25, 0.3) is 5.82 Å². The zero-order valence-corrected chi connectivity index (χ0v) is 10.2. The Bertz CT molecular complexity index is 596. The van der Waals surface area contributed by atoms with Crippen molar-refractivity contribution in [3.05, 3.63) is 34.5 Å². The smallest absolute Gasteiger partial charge is 0.158 e. The van der Waals surface area contributed by atoms with Gasteiger partial charge in [-0.15, -0.1) is 0 Å². The molecule has 0 aliphatic rings. The van der Waals surface area contributed by atoms with E-state index in [4.69, 9.17) is 16.9 Å². The van der Waals surface area contributed by atoms with Gasteiger partial charge in [0, 0.05) is 11.8 Å². The topological polar surface area (TPSA) is 67.4 Å². The molecule has 2 aromatic heterocycles. The molecule has 0 radical (unpaired) electrons. The molecule has 0 spiro atoms. The third kappa shape index (κ3) is 1.99. The van der Waals surface area contributed by atoms with Gasteiger partial charge in [-0.3, -0.25) is 0 Å². The third-order valence-corrected chi connectivity index (χ3v) is 2.70. The largest absolute Gasteiger partial charge is 0.242 e. The summed E-state index contributed by atoms with van der Waals surface area (Å²) >= 11 is 6.11. The predicted octanol–water partition coefficient (Wildman–Crippen LogP) is 2.06. The highest BCUT2D eigenvalue weighted by molar-refractivity contribution is 6.31. The number of aromatic nitrogens is 4. The molecule has 0 amide bonds. The van der Waals surface area contributed by atoms with Crippen LogP contribution in [0.2, 0.25) is 5.15 Å². The molecule has 2 rings (SSSR count). The molecule has 0 unspecified atom stereocenters. The highest BCUT2D eigenvalue weighted by Crippen LogP contribution is 2.22. The molecule has 0 aromatic carbocycles. The number of rotatable bonds is 2. The van der Waals surface area contributed by atoms with E-state index in [1.807, 2.05) is 13.8 Å². The quantitative estimate of drug-likeness (QED) is 0.815. The Morgan fingerprint density at radius 2 is 2.24 bits per heavy atom. The van der Waals surface area contributed by atoms with E-state index in [0.29, 0.717) is 28.6 Å². The van der Waals surface area contributed by atoms with Crippen molar-refractivity contribution in [3.8, 4) is 11.9 Å². The van der Waals surface area contributed by atoms with Crippen LogP contribution < -0.4 is 0 Å². The maximum absolute atomic E-state index is 9.02. The number of halogens is 1. The van der Waals surface area contributed by atoms with Crippen LogP contribution in [0.15, 0.2) is 12.4 Å². The first kappa shape index (κ1) is 11.6. The lowest BCUT2D eigenvalue weighted by atomic mass is 10.2. The van der Waals surface area contributed by atoms with Crippen LogP contribution in [0.5, 0.6) is 0 Å². The fourth-order valence-corrected chi connectivity index (χ4v) is 1.78. The molecule has 0 atom stereocenters. The lowest BCUT2D eigenvalue weighted by Gasteiger charge is -2.01. The number of hydrogen-bond donors (Lipinski definition) is 0. The van der Waals surface area contributed by atoms with Crippen LogP contribution >= 0.6 is 11.6 Å². The van der Waals surface area contributed by atoms with Gasteiger partial charge in [0.2, 0.25) is 0 Å². The van der Waals surface area contributed by atoms with Gasteiger partial charge < -0.3 is 0 Å². The van der Waals surface area contributed by atoms with E-state index >= 15 is 0 Å². The van der Waals surface area contributed by atoms with Crippen molar-refractivity contribution in [3.63, 3.8) is 0 Å². The summed E-state index contributed by atoms with van der Waals surface area (Å²) in [4.78, 5) is 8.09. The number of hydrogen-bond acceptors (Lipinski definition) is 4. The van der Waals surface area contributed by atoms with Crippen molar-refractivity contribution in [2.75, 3.05) is 0 Å². The summed E-state index contributed by atoms with van der Waals surface area (Å²) < 4.78 is 1.47. The SMILES string of the molecule is CCc1nn(-c2cc(C)ncn2)c(Cl)c1C#N. The summed E-state index contributed by atoms with van der Waals surface area (Å²) in [6.07, 6.45) is 2.10. The molecule has 0 aliphatic heterocycles. The third-order valence-electron chi connectivity index (χ3n) is 2.35. The van der Waals surface area contributed by atoms with Gasteiger partial charge in [0.1, 0.15) is 18.0 Å². The monoisotopic (exact) mass is 247 g/mol. The van der Waals surface area contributed by atoms with Crippen LogP contribution in [0.3, 0.4) is 0 Å². The van der Waals surface area contributed by atoms with E-state index in [-0.39, 0.29) is 0 Å². The maximum atomic E-state index is 9.02. The predicted molar refractivity (Wildman–Crippen MR) is 63.0 cm³/mol. The molecular formula is C11H10ClN5. The lowest BCUT2D eigenvalue weighted by Crippen LogP contribution is -2.01. The molecule has 2 heterocycles. The van der Waals surface area contributed by atoms with Crippen LogP contribution in [-0.4, -0.2) is 19.7 Å². The summed E-state index contributed by atoms with van der Waals surface area (Å²) in [6, 6.07) is 3.82. The van der Waals surface area contributed by atoms with Gasteiger partial charge in [0.25, 0.3) is 0 Å². The molecule has 6 heteroatoms. The van der Waals surface area contributed by atoms with E-state index in [0.717, 1.165) is 5.69 Å². The summed E-state index contributed by atoms with van der Waals surface area (Å²) in [7, 11) is 0. The second-order valence-electron chi connectivity index (χ2n) is 3.51. The van der Waals surface area contributed by atoms with E-state index in [1.165, 1.54) is 11.0 Å². The van der Waals surface area contributed by atoms with Gasteiger partial charge in [-0.25, -0.2) is 14.6 Å². The fraction of sp³-hybridized carbons (Fsp3) is 0.273.